The molecule has 0 spiro atoms. The SMILES string of the molecule is CC(C)(C)N(C(=O)O)[C@@H](Cc1ccccc1)[C@H](O)CNCc1ccc(Cl)cc1Cl. The third-order valence-electron chi connectivity index (χ3n) is 4.68. The number of nitrogens with one attached hydrogen (secondary N) is 1. The van der Waals surface area contributed by atoms with Gasteiger partial charge in [-0.25, -0.2) is 4.79 Å². The first-order chi connectivity index (χ1) is 13.6. The molecule has 2 rings (SSSR count). The van der Waals surface area contributed by atoms with Crippen LogP contribution in [0.5, 0.6) is 0 Å². The number of aliphatic hydroxyl groups excluding tert-OH is 1. The van der Waals surface area contributed by atoms with Crippen LogP contribution in [-0.4, -0.2) is 45.4 Å². The molecule has 2 aromatic rings. The Hall–Kier alpha value is -1.79. The van der Waals surface area contributed by atoms with Crippen molar-refractivity contribution in [2.75, 3.05) is 6.54 Å². The highest BCUT2D eigenvalue weighted by atomic mass is 35.5. The molecular formula is C22H28Cl2N2O3. The lowest BCUT2D eigenvalue weighted by molar-refractivity contribution is 0.00770. The number of carbonyl (C=O) groups is 1. The average Bonchev–Trinajstić information content (AvgIpc) is 2.62. The fourth-order valence-corrected chi connectivity index (χ4v) is 3.81. The molecule has 0 saturated heterocycles. The van der Waals surface area contributed by atoms with E-state index in [4.69, 9.17) is 23.2 Å². The van der Waals surface area contributed by atoms with E-state index in [2.05, 4.69) is 5.32 Å². The highest BCUT2D eigenvalue weighted by molar-refractivity contribution is 6.35. The molecule has 0 saturated carbocycles. The monoisotopic (exact) mass is 438 g/mol. The minimum Gasteiger partial charge on any atom is -0.465 e. The van der Waals surface area contributed by atoms with Crippen molar-refractivity contribution in [3.63, 3.8) is 0 Å². The lowest BCUT2D eigenvalue weighted by atomic mass is 9.94. The standard InChI is InChI=1S/C22H28Cl2N2O3/c1-22(2,3)26(21(28)29)19(11-15-7-5-4-6-8-15)20(27)14-25-13-16-9-10-17(23)12-18(16)24/h4-10,12,19-20,25,27H,11,13-14H2,1-3H3,(H,28,29)/t19-,20+/m0/s1. The Balaban J connectivity index is 2.14. The lowest BCUT2D eigenvalue weighted by Gasteiger charge is -2.42. The first-order valence-electron chi connectivity index (χ1n) is 9.48. The quantitative estimate of drug-likeness (QED) is 0.551. The van der Waals surface area contributed by atoms with Gasteiger partial charge >= 0.3 is 6.09 Å². The molecule has 0 unspecified atom stereocenters. The first-order valence-corrected chi connectivity index (χ1v) is 10.2. The molecule has 5 nitrogen and oxygen atoms in total. The van der Waals surface area contributed by atoms with Gasteiger partial charge in [-0.05, 0) is 50.5 Å². The van der Waals surface area contributed by atoms with Gasteiger partial charge in [-0.15, -0.1) is 0 Å². The smallest absolute Gasteiger partial charge is 0.408 e. The van der Waals surface area contributed by atoms with Crippen LogP contribution in [0.3, 0.4) is 0 Å². The second kappa shape index (κ2) is 10.3. The molecule has 0 aliphatic carbocycles. The summed E-state index contributed by atoms with van der Waals surface area (Å²) in [7, 11) is 0. The zero-order chi connectivity index (χ0) is 21.6. The van der Waals surface area contributed by atoms with Gasteiger partial charge in [0.25, 0.3) is 0 Å². The van der Waals surface area contributed by atoms with Crippen LogP contribution in [-0.2, 0) is 13.0 Å². The number of aliphatic hydroxyl groups is 1. The van der Waals surface area contributed by atoms with Crippen LogP contribution in [0.1, 0.15) is 31.9 Å². The number of nitrogens with zero attached hydrogens (tertiary/aromatic N) is 1. The summed E-state index contributed by atoms with van der Waals surface area (Å²) < 4.78 is 0. The van der Waals surface area contributed by atoms with Crippen LogP contribution >= 0.6 is 23.2 Å². The summed E-state index contributed by atoms with van der Waals surface area (Å²) in [5.74, 6) is 0. The largest absolute Gasteiger partial charge is 0.465 e. The lowest BCUT2D eigenvalue weighted by Crippen LogP contribution is -2.58. The van der Waals surface area contributed by atoms with Crippen molar-refractivity contribution in [1.82, 2.24) is 10.2 Å². The van der Waals surface area contributed by atoms with Gasteiger partial charge in [-0.3, -0.25) is 4.90 Å². The van der Waals surface area contributed by atoms with E-state index in [9.17, 15) is 15.0 Å². The summed E-state index contributed by atoms with van der Waals surface area (Å²) in [5, 5.41) is 25.0. The fraction of sp³-hybridized carbons (Fsp3) is 0.409. The van der Waals surface area contributed by atoms with Gasteiger partial charge in [0.05, 0.1) is 12.1 Å². The van der Waals surface area contributed by atoms with Gasteiger partial charge in [-0.1, -0.05) is 59.6 Å². The van der Waals surface area contributed by atoms with Crippen LogP contribution in [0.15, 0.2) is 48.5 Å². The third-order valence-corrected chi connectivity index (χ3v) is 5.26. The van der Waals surface area contributed by atoms with E-state index < -0.39 is 23.8 Å². The molecule has 2 atom stereocenters. The number of hydrogen-bond acceptors (Lipinski definition) is 3. The van der Waals surface area contributed by atoms with Crippen LogP contribution in [0, 0.1) is 0 Å². The molecule has 7 heteroatoms. The number of rotatable bonds is 8. The summed E-state index contributed by atoms with van der Waals surface area (Å²) in [6.07, 6.45) is -1.55. The van der Waals surface area contributed by atoms with Crippen molar-refractivity contribution in [3.05, 3.63) is 69.7 Å². The van der Waals surface area contributed by atoms with Crippen LogP contribution in [0.2, 0.25) is 10.0 Å². The van der Waals surface area contributed by atoms with Crippen molar-refractivity contribution < 1.29 is 15.0 Å². The van der Waals surface area contributed by atoms with E-state index in [0.29, 0.717) is 23.0 Å². The van der Waals surface area contributed by atoms with Crippen LogP contribution in [0.4, 0.5) is 4.79 Å². The molecule has 0 bridgehead atoms. The van der Waals surface area contributed by atoms with Gasteiger partial charge in [0, 0.05) is 28.7 Å². The normalized spacial score (nSPS) is 13.7. The molecule has 2 aromatic carbocycles. The zero-order valence-electron chi connectivity index (χ0n) is 16.9. The van der Waals surface area contributed by atoms with Crippen molar-refractivity contribution >= 4 is 29.3 Å². The molecule has 0 aliphatic rings. The van der Waals surface area contributed by atoms with Crippen molar-refractivity contribution in [1.29, 1.82) is 0 Å². The Bertz CT molecular complexity index is 809. The highest BCUT2D eigenvalue weighted by Gasteiger charge is 2.37. The van der Waals surface area contributed by atoms with Gasteiger partial charge in [0.1, 0.15) is 0 Å². The minimum atomic E-state index is -1.06. The van der Waals surface area contributed by atoms with E-state index in [0.717, 1.165) is 11.1 Å². The van der Waals surface area contributed by atoms with Crippen LogP contribution < -0.4 is 5.32 Å². The Morgan fingerprint density at radius 3 is 2.34 bits per heavy atom. The molecule has 0 radical (unpaired) electrons. The van der Waals surface area contributed by atoms with Crippen molar-refractivity contribution in [3.8, 4) is 0 Å². The van der Waals surface area contributed by atoms with Gasteiger partial charge in [0.2, 0.25) is 0 Å². The zero-order valence-corrected chi connectivity index (χ0v) is 18.4. The summed E-state index contributed by atoms with van der Waals surface area (Å²) in [6, 6.07) is 14.2. The number of hydrogen-bond donors (Lipinski definition) is 3. The highest BCUT2D eigenvalue weighted by Crippen LogP contribution is 2.23. The molecule has 29 heavy (non-hydrogen) atoms. The number of amides is 1. The molecule has 0 heterocycles. The summed E-state index contributed by atoms with van der Waals surface area (Å²) in [5.41, 5.74) is 1.16. The average molecular weight is 439 g/mol. The number of halogens is 2. The first kappa shape index (κ1) is 23.5. The van der Waals surface area contributed by atoms with E-state index in [1.54, 1.807) is 12.1 Å². The number of benzene rings is 2. The molecule has 1 amide bonds. The molecule has 0 aromatic heterocycles. The van der Waals surface area contributed by atoms with Gasteiger partial charge in [0.15, 0.2) is 0 Å². The Morgan fingerprint density at radius 1 is 1.14 bits per heavy atom. The Labute approximate surface area is 182 Å². The van der Waals surface area contributed by atoms with E-state index in [-0.39, 0.29) is 6.54 Å². The maximum Gasteiger partial charge on any atom is 0.408 e. The van der Waals surface area contributed by atoms with Crippen molar-refractivity contribution in [2.24, 2.45) is 0 Å². The predicted molar refractivity (Wildman–Crippen MR) is 118 cm³/mol. The topological polar surface area (TPSA) is 72.8 Å². The summed E-state index contributed by atoms with van der Waals surface area (Å²) in [6.45, 7) is 6.14. The Kier molecular flexibility index (Phi) is 8.34. The predicted octanol–water partition coefficient (Wildman–Crippen LogP) is 4.83. The maximum absolute atomic E-state index is 12.0. The van der Waals surface area contributed by atoms with Crippen LogP contribution in [0.25, 0.3) is 0 Å². The molecule has 0 aliphatic heterocycles. The summed E-state index contributed by atoms with van der Waals surface area (Å²) in [4.78, 5) is 13.4. The Morgan fingerprint density at radius 2 is 1.79 bits per heavy atom. The molecule has 3 N–H and O–H groups in total. The van der Waals surface area contributed by atoms with Gasteiger partial charge < -0.3 is 15.5 Å². The molecule has 0 fully saturated rings. The second-order valence-electron chi connectivity index (χ2n) is 8.01. The van der Waals surface area contributed by atoms with E-state index in [1.165, 1.54) is 4.90 Å². The van der Waals surface area contributed by atoms with Crippen molar-refractivity contribution in [2.45, 2.75) is 51.4 Å². The second-order valence-corrected chi connectivity index (χ2v) is 8.86. The number of carboxylic acid groups (broad SMARTS) is 1. The van der Waals surface area contributed by atoms with E-state index in [1.807, 2.05) is 57.2 Å². The molecule has 158 valence electrons. The van der Waals surface area contributed by atoms with E-state index >= 15 is 0 Å². The summed E-state index contributed by atoms with van der Waals surface area (Å²) >= 11 is 12.1. The third kappa shape index (κ3) is 6.89. The van der Waals surface area contributed by atoms with Gasteiger partial charge in [-0.2, -0.15) is 0 Å². The minimum absolute atomic E-state index is 0.219. The molecular weight excluding hydrogens is 411 g/mol. The maximum atomic E-state index is 12.0. The fourth-order valence-electron chi connectivity index (χ4n) is 3.34.